The number of oxazole rings is 1. The maximum Gasteiger partial charge on any atom is 0.275 e. The molecule has 0 radical (unpaired) electrons. The summed E-state index contributed by atoms with van der Waals surface area (Å²) in [6, 6.07) is 5.42. The molecule has 0 spiro atoms. The van der Waals surface area contributed by atoms with Gasteiger partial charge < -0.3 is 14.4 Å². The molecule has 2 aromatic rings. The van der Waals surface area contributed by atoms with Gasteiger partial charge in [0.1, 0.15) is 12.0 Å². The third-order valence-electron chi connectivity index (χ3n) is 3.70. The Balaban J connectivity index is 1.66. The van der Waals surface area contributed by atoms with Crippen molar-refractivity contribution in [3.05, 3.63) is 36.4 Å². The molecular weight excluding hydrogens is 270 g/mol. The maximum atomic E-state index is 12.3. The number of rotatable bonds is 4. The molecule has 1 fully saturated rings. The lowest BCUT2D eigenvalue weighted by atomic mass is 9.82. The highest BCUT2D eigenvalue weighted by molar-refractivity contribution is 5.92. The fraction of sp³-hybridized carbons (Fsp3) is 0.400. The highest BCUT2D eigenvalue weighted by Gasteiger charge is 2.30. The van der Waals surface area contributed by atoms with Crippen molar-refractivity contribution in [3.63, 3.8) is 0 Å². The number of aliphatic hydroxyl groups is 1. The molecule has 1 N–H and O–H groups in total. The number of carbonyl (C=O) groups is 1. The molecule has 1 amide bonds. The highest BCUT2D eigenvalue weighted by Crippen LogP contribution is 2.28. The van der Waals surface area contributed by atoms with E-state index in [0.29, 0.717) is 24.0 Å². The molecule has 0 atom stereocenters. The van der Waals surface area contributed by atoms with Crippen LogP contribution in [-0.2, 0) is 0 Å². The van der Waals surface area contributed by atoms with Gasteiger partial charge in [0.2, 0.25) is 5.89 Å². The lowest BCUT2D eigenvalue weighted by Crippen LogP contribution is -2.39. The van der Waals surface area contributed by atoms with Gasteiger partial charge in [0.25, 0.3) is 5.91 Å². The summed E-state index contributed by atoms with van der Waals surface area (Å²) in [5.74, 6) is 0.532. The van der Waals surface area contributed by atoms with E-state index < -0.39 is 0 Å². The Morgan fingerprint density at radius 1 is 1.48 bits per heavy atom. The van der Waals surface area contributed by atoms with Crippen LogP contribution in [0.2, 0.25) is 0 Å². The van der Waals surface area contributed by atoms with Crippen LogP contribution in [0.1, 0.15) is 23.3 Å². The summed E-state index contributed by atoms with van der Waals surface area (Å²) in [4.78, 5) is 22.2. The number of aliphatic hydroxyl groups excluding tert-OH is 1. The molecule has 3 rings (SSSR count). The van der Waals surface area contributed by atoms with Gasteiger partial charge in [-0.2, -0.15) is 0 Å². The van der Waals surface area contributed by atoms with Crippen molar-refractivity contribution in [1.29, 1.82) is 0 Å². The minimum absolute atomic E-state index is 0.178. The molecule has 1 aliphatic rings. The summed E-state index contributed by atoms with van der Waals surface area (Å²) < 4.78 is 5.32. The zero-order valence-electron chi connectivity index (χ0n) is 11.8. The van der Waals surface area contributed by atoms with Crippen LogP contribution in [-0.4, -0.2) is 45.6 Å². The molecule has 0 aromatic carbocycles. The Morgan fingerprint density at radius 2 is 2.29 bits per heavy atom. The molecule has 21 heavy (non-hydrogen) atoms. The molecule has 6 heteroatoms. The normalized spacial score (nSPS) is 20.9. The first-order chi connectivity index (χ1) is 10.1. The van der Waals surface area contributed by atoms with Gasteiger partial charge in [-0.3, -0.25) is 9.78 Å². The molecular formula is C15H17N3O3. The zero-order valence-corrected chi connectivity index (χ0v) is 11.8. The summed E-state index contributed by atoms with van der Waals surface area (Å²) in [6.45, 7) is 0.627. The largest absolute Gasteiger partial charge is 0.442 e. The third-order valence-corrected chi connectivity index (χ3v) is 3.70. The van der Waals surface area contributed by atoms with E-state index in [1.165, 1.54) is 6.26 Å². The monoisotopic (exact) mass is 287 g/mol. The molecule has 0 saturated heterocycles. The van der Waals surface area contributed by atoms with Gasteiger partial charge in [-0.05, 0) is 30.9 Å². The van der Waals surface area contributed by atoms with Gasteiger partial charge in [0, 0.05) is 19.8 Å². The fourth-order valence-corrected chi connectivity index (χ4v) is 2.49. The second-order valence-electron chi connectivity index (χ2n) is 5.43. The second-order valence-corrected chi connectivity index (χ2v) is 5.43. The first kappa shape index (κ1) is 13.8. The van der Waals surface area contributed by atoms with Crippen LogP contribution < -0.4 is 0 Å². The predicted molar refractivity (Wildman–Crippen MR) is 75.4 cm³/mol. The van der Waals surface area contributed by atoms with E-state index >= 15 is 0 Å². The lowest BCUT2D eigenvalue weighted by Gasteiger charge is -2.34. The Bertz CT molecular complexity index is 620. The Hall–Kier alpha value is -2.21. The first-order valence-electron chi connectivity index (χ1n) is 6.94. The molecule has 0 aliphatic heterocycles. The van der Waals surface area contributed by atoms with E-state index in [2.05, 4.69) is 9.97 Å². The molecule has 0 unspecified atom stereocenters. The number of hydrogen-bond acceptors (Lipinski definition) is 5. The summed E-state index contributed by atoms with van der Waals surface area (Å²) in [6.07, 6.45) is 4.32. The van der Waals surface area contributed by atoms with Crippen molar-refractivity contribution in [1.82, 2.24) is 14.9 Å². The van der Waals surface area contributed by atoms with Crippen molar-refractivity contribution < 1.29 is 14.3 Å². The van der Waals surface area contributed by atoms with E-state index in [-0.39, 0.29) is 17.7 Å². The molecule has 2 aromatic heterocycles. The molecule has 110 valence electrons. The lowest BCUT2D eigenvalue weighted by molar-refractivity contribution is 0.0264. The van der Waals surface area contributed by atoms with Crippen LogP contribution in [0.25, 0.3) is 11.6 Å². The van der Waals surface area contributed by atoms with Crippen LogP contribution in [0.15, 0.2) is 35.1 Å². The van der Waals surface area contributed by atoms with Gasteiger partial charge in [-0.25, -0.2) is 4.98 Å². The van der Waals surface area contributed by atoms with Crippen molar-refractivity contribution in [2.24, 2.45) is 5.92 Å². The Labute approximate surface area is 122 Å². The number of nitrogens with zero attached hydrogens (tertiary/aromatic N) is 3. The topological polar surface area (TPSA) is 79.5 Å². The predicted octanol–water partition coefficient (Wildman–Crippen LogP) is 1.58. The number of pyridine rings is 1. The standard InChI is InChI=1S/C15H17N3O3/c1-18(8-10-6-11(19)7-10)15(20)13-9-21-14(17-13)12-4-2-3-5-16-12/h2-5,9-11,19H,6-8H2,1H3. The first-order valence-corrected chi connectivity index (χ1v) is 6.94. The second kappa shape index (κ2) is 5.65. The summed E-state index contributed by atoms with van der Waals surface area (Å²) in [7, 11) is 1.74. The average molecular weight is 287 g/mol. The minimum Gasteiger partial charge on any atom is -0.442 e. The van der Waals surface area contributed by atoms with E-state index in [0.717, 1.165) is 12.8 Å². The van der Waals surface area contributed by atoms with E-state index in [9.17, 15) is 9.90 Å². The molecule has 1 aliphatic carbocycles. The van der Waals surface area contributed by atoms with Crippen LogP contribution >= 0.6 is 0 Å². The molecule has 1 saturated carbocycles. The van der Waals surface area contributed by atoms with E-state index in [1.54, 1.807) is 30.3 Å². The Kier molecular flexibility index (Phi) is 3.70. The maximum absolute atomic E-state index is 12.3. The summed E-state index contributed by atoms with van der Waals surface area (Å²) >= 11 is 0. The van der Waals surface area contributed by atoms with Gasteiger partial charge in [0.15, 0.2) is 5.69 Å². The van der Waals surface area contributed by atoms with Gasteiger partial charge >= 0.3 is 0 Å². The smallest absolute Gasteiger partial charge is 0.275 e. The molecule has 2 heterocycles. The van der Waals surface area contributed by atoms with Crippen LogP contribution in [0.4, 0.5) is 0 Å². The number of carbonyl (C=O) groups excluding carboxylic acids is 1. The quantitative estimate of drug-likeness (QED) is 0.923. The SMILES string of the molecule is CN(CC1CC(O)C1)C(=O)c1coc(-c2ccccn2)n1. The van der Waals surface area contributed by atoms with E-state index in [4.69, 9.17) is 4.42 Å². The van der Waals surface area contributed by atoms with Gasteiger partial charge in [0.05, 0.1) is 6.10 Å². The summed E-state index contributed by atoms with van der Waals surface area (Å²) in [5.41, 5.74) is 0.874. The van der Waals surface area contributed by atoms with Crippen LogP contribution in [0, 0.1) is 5.92 Å². The van der Waals surface area contributed by atoms with Crippen molar-refractivity contribution in [3.8, 4) is 11.6 Å². The van der Waals surface area contributed by atoms with E-state index in [1.807, 2.05) is 6.07 Å². The van der Waals surface area contributed by atoms with Gasteiger partial charge in [-0.15, -0.1) is 0 Å². The number of amides is 1. The van der Waals surface area contributed by atoms with Crippen molar-refractivity contribution in [2.45, 2.75) is 18.9 Å². The molecule has 6 nitrogen and oxygen atoms in total. The number of aromatic nitrogens is 2. The van der Waals surface area contributed by atoms with Crippen molar-refractivity contribution in [2.75, 3.05) is 13.6 Å². The van der Waals surface area contributed by atoms with Crippen LogP contribution in [0.5, 0.6) is 0 Å². The third kappa shape index (κ3) is 2.95. The summed E-state index contributed by atoms with van der Waals surface area (Å²) in [5, 5.41) is 9.28. The Morgan fingerprint density at radius 3 is 2.95 bits per heavy atom. The number of hydrogen-bond donors (Lipinski definition) is 1. The van der Waals surface area contributed by atoms with Gasteiger partial charge in [-0.1, -0.05) is 6.07 Å². The highest BCUT2D eigenvalue weighted by atomic mass is 16.3. The zero-order chi connectivity index (χ0) is 14.8. The fourth-order valence-electron chi connectivity index (χ4n) is 2.49. The minimum atomic E-state index is -0.207. The van der Waals surface area contributed by atoms with Crippen LogP contribution in [0.3, 0.4) is 0 Å². The molecule has 0 bridgehead atoms. The van der Waals surface area contributed by atoms with Crippen molar-refractivity contribution >= 4 is 5.91 Å². The average Bonchev–Trinajstić information content (AvgIpc) is 2.95.